The lowest BCUT2D eigenvalue weighted by molar-refractivity contribution is 0.221. The van der Waals surface area contributed by atoms with Crippen LogP contribution in [0.3, 0.4) is 0 Å². The van der Waals surface area contributed by atoms with Crippen LogP contribution in [-0.4, -0.2) is 11.7 Å². The predicted molar refractivity (Wildman–Crippen MR) is 70.3 cm³/mol. The molecule has 16 heavy (non-hydrogen) atoms. The van der Waals surface area contributed by atoms with Crippen LogP contribution in [0.1, 0.15) is 53.4 Å². The molecule has 0 aromatic heterocycles. The third-order valence-electron chi connectivity index (χ3n) is 3.78. The normalized spacial score (nSPS) is 23.2. The average molecular weight is 222 g/mol. The molecule has 1 unspecified atom stereocenters. The second kappa shape index (κ2) is 5.67. The van der Waals surface area contributed by atoms with Crippen LogP contribution in [0.15, 0.2) is 23.3 Å². The number of rotatable bonds is 3. The van der Waals surface area contributed by atoms with Gasteiger partial charge < -0.3 is 5.11 Å². The largest absolute Gasteiger partial charge is 0.396 e. The van der Waals surface area contributed by atoms with Gasteiger partial charge in [0, 0.05) is 6.61 Å². The Hall–Kier alpha value is -0.560. The first-order valence-electron chi connectivity index (χ1n) is 6.44. The number of allylic oxidation sites excluding steroid dienone is 3. The number of hydrogen-bond acceptors (Lipinski definition) is 1. The van der Waals surface area contributed by atoms with E-state index in [0.29, 0.717) is 5.41 Å². The molecular weight excluding hydrogens is 196 g/mol. The Balaban J connectivity index is 2.65. The molecule has 0 amide bonds. The summed E-state index contributed by atoms with van der Waals surface area (Å²) < 4.78 is 0. The molecule has 1 N–H and O–H groups in total. The Kier molecular flexibility index (Phi) is 4.79. The third-order valence-corrected chi connectivity index (χ3v) is 3.78. The zero-order valence-electron chi connectivity index (χ0n) is 11.2. The van der Waals surface area contributed by atoms with Gasteiger partial charge in [-0.25, -0.2) is 0 Å². The van der Waals surface area contributed by atoms with Crippen LogP contribution < -0.4 is 0 Å². The van der Waals surface area contributed by atoms with Gasteiger partial charge in [0.05, 0.1) is 0 Å². The highest BCUT2D eigenvalue weighted by atomic mass is 16.2. The summed E-state index contributed by atoms with van der Waals surface area (Å²) in [6, 6.07) is 0. The van der Waals surface area contributed by atoms with Crippen molar-refractivity contribution in [3.05, 3.63) is 23.3 Å². The Labute approximate surface area is 100 Å². The van der Waals surface area contributed by atoms with Gasteiger partial charge in [-0.15, -0.1) is 0 Å². The fraction of sp³-hybridized carbons (Fsp3) is 0.733. The minimum atomic E-state index is 0.264. The molecule has 0 radical (unpaired) electrons. The van der Waals surface area contributed by atoms with Crippen molar-refractivity contribution in [1.29, 1.82) is 0 Å². The second-order valence-corrected chi connectivity index (χ2v) is 5.85. The second-order valence-electron chi connectivity index (χ2n) is 5.85. The first kappa shape index (κ1) is 13.5. The topological polar surface area (TPSA) is 20.2 Å². The summed E-state index contributed by atoms with van der Waals surface area (Å²) in [5, 5.41) is 9.01. The zero-order chi connectivity index (χ0) is 12.2. The van der Waals surface area contributed by atoms with E-state index in [-0.39, 0.29) is 6.61 Å². The lowest BCUT2D eigenvalue weighted by Gasteiger charge is -2.33. The predicted octanol–water partition coefficient (Wildman–Crippen LogP) is 4.09. The molecule has 0 fully saturated rings. The first-order chi connectivity index (χ1) is 7.49. The van der Waals surface area contributed by atoms with E-state index < -0.39 is 0 Å². The average Bonchev–Trinajstić information content (AvgIpc) is 2.25. The molecule has 0 heterocycles. The molecule has 0 saturated heterocycles. The van der Waals surface area contributed by atoms with Gasteiger partial charge in [0.1, 0.15) is 0 Å². The van der Waals surface area contributed by atoms with Crippen molar-refractivity contribution in [3.8, 4) is 0 Å². The first-order valence-corrected chi connectivity index (χ1v) is 6.44. The highest BCUT2D eigenvalue weighted by Crippen LogP contribution is 2.38. The summed E-state index contributed by atoms with van der Waals surface area (Å²) >= 11 is 0. The highest BCUT2D eigenvalue weighted by Gasteiger charge is 2.26. The molecular formula is C15H26O. The maximum atomic E-state index is 9.01. The van der Waals surface area contributed by atoms with Gasteiger partial charge in [-0.1, -0.05) is 32.9 Å². The van der Waals surface area contributed by atoms with Gasteiger partial charge in [0.15, 0.2) is 0 Å². The summed E-state index contributed by atoms with van der Waals surface area (Å²) in [4.78, 5) is 0. The number of hydrogen-bond donors (Lipinski definition) is 1. The van der Waals surface area contributed by atoms with E-state index in [2.05, 4.69) is 39.8 Å². The number of aliphatic hydroxyl groups excluding tert-OH is 1. The van der Waals surface area contributed by atoms with Crippen molar-refractivity contribution in [3.63, 3.8) is 0 Å². The van der Waals surface area contributed by atoms with Crippen LogP contribution in [0.2, 0.25) is 0 Å². The van der Waals surface area contributed by atoms with E-state index in [1.165, 1.54) is 30.4 Å². The van der Waals surface area contributed by atoms with Gasteiger partial charge in [-0.2, -0.15) is 0 Å². The maximum absolute atomic E-state index is 9.01. The molecule has 0 aromatic rings. The quantitative estimate of drug-likeness (QED) is 0.762. The van der Waals surface area contributed by atoms with Crippen LogP contribution in [0.25, 0.3) is 0 Å². The van der Waals surface area contributed by atoms with E-state index >= 15 is 0 Å². The van der Waals surface area contributed by atoms with Crippen LogP contribution in [0, 0.1) is 11.3 Å². The van der Waals surface area contributed by atoms with E-state index in [9.17, 15) is 0 Å². The van der Waals surface area contributed by atoms with Gasteiger partial charge in [0.25, 0.3) is 0 Å². The van der Waals surface area contributed by atoms with Crippen LogP contribution >= 0.6 is 0 Å². The lowest BCUT2D eigenvalue weighted by Crippen LogP contribution is -2.22. The van der Waals surface area contributed by atoms with Crippen molar-refractivity contribution in [2.45, 2.75) is 53.4 Å². The van der Waals surface area contributed by atoms with Gasteiger partial charge >= 0.3 is 0 Å². The molecule has 1 atom stereocenters. The summed E-state index contributed by atoms with van der Waals surface area (Å²) in [6.07, 6.45) is 9.02. The minimum absolute atomic E-state index is 0.264. The smallest absolute Gasteiger partial charge is 0.0471 e. The Morgan fingerprint density at radius 1 is 1.50 bits per heavy atom. The van der Waals surface area contributed by atoms with Crippen molar-refractivity contribution in [1.82, 2.24) is 0 Å². The van der Waals surface area contributed by atoms with E-state index in [1.807, 2.05) is 0 Å². The Bertz CT molecular complexity index is 278. The molecule has 0 bridgehead atoms. The SMILES string of the molecule is CC=C(CCO)C1=CCC(C(C)(C)C)CC1. The Morgan fingerprint density at radius 3 is 2.56 bits per heavy atom. The maximum Gasteiger partial charge on any atom is 0.0471 e. The van der Waals surface area contributed by atoms with Crippen LogP contribution in [0.5, 0.6) is 0 Å². The van der Waals surface area contributed by atoms with Crippen molar-refractivity contribution in [2.24, 2.45) is 11.3 Å². The fourth-order valence-electron chi connectivity index (χ4n) is 2.52. The lowest BCUT2D eigenvalue weighted by atomic mass is 9.72. The molecule has 1 aliphatic rings. The van der Waals surface area contributed by atoms with Crippen molar-refractivity contribution >= 4 is 0 Å². The fourth-order valence-corrected chi connectivity index (χ4v) is 2.52. The number of aliphatic hydroxyl groups is 1. The van der Waals surface area contributed by atoms with Gasteiger partial charge in [-0.3, -0.25) is 0 Å². The molecule has 0 aromatic carbocycles. The summed E-state index contributed by atoms with van der Waals surface area (Å²) in [6.45, 7) is 9.34. The van der Waals surface area contributed by atoms with Crippen molar-refractivity contribution < 1.29 is 5.11 Å². The summed E-state index contributed by atoms with van der Waals surface area (Å²) in [7, 11) is 0. The molecule has 0 saturated carbocycles. The van der Waals surface area contributed by atoms with Crippen LogP contribution in [-0.2, 0) is 0 Å². The summed E-state index contributed by atoms with van der Waals surface area (Å²) in [5.74, 6) is 0.809. The van der Waals surface area contributed by atoms with E-state index in [4.69, 9.17) is 5.11 Å². The molecule has 92 valence electrons. The zero-order valence-corrected chi connectivity index (χ0v) is 11.2. The van der Waals surface area contributed by atoms with E-state index in [1.54, 1.807) is 0 Å². The Morgan fingerprint density at radius 2 is 2.19 bits per heavy atom. The molecule has 1 nitrogen and oxygen atoms in total. The monoisotopic (exact) mass is 222 g/mol. The van der Waals surface area contributed by atoms with Gasteiger partial charge in [-0.05, 0) is 55.1 Å². The highest BCUT2D eigenvalue weighted by molar-refractivity contribution is 5.32. The molecule has 1 rings (SSSR count). The molecule has 1 heteroatoms. The standard InChI is InChI=1S/C15H26O/c1-5-12(10-11-16)13-6-8-14(9-7-13)15(2,3)4/h5-6,14,16H,7-11H2,1-4H3. The minimum Gasteiger partial charge on any atom is -0.396 e. The molecule has 0 spiro atoms. The molecule has 1 aliphatic carbocycles. The summed E-state index contributed by atoms with van der Waals surface area (Å²) in [5.41, 5.74) is 3.24. The van der Waals surface area contributed by atoms with E-state index in [0.717, 1.165) is 12.3 Å². The third kappa shape index (κ3) is 3.48. The van der Waals surface area contributed by atoms with Gasteiger partial charge in [0.2, 0.25) is 0 Å². The van der Waals surface area contributed by atoms with Crippen LogP contribution in [0.4, 0.5) is 0 Å². The van der Waals surface area contributed by atoms with Crippen molar-refractivity contribution in [2.75, 3.05) is 6.61 Å². The molecule has 0 aliphatic heterocycles.